The number of aryl methyl sites for hydroxylation is 1. The summed E-state index contributed by atoms with van der Waals surface area (Å²) in [7, 11) is 1.56. The number of anilines is 2. The number of hydrogen-bond acceptors (Lipinski definition) is 5. The maximum Gasteiger partial charge on any atom is 0.272 e. The van der Waals surface area contributed by atoms with Crippen LogP contribution in [0.1, 0.15) is 21.5 Å². The van der Waals surface area contributed by atoms with Crippen molar-refractivity contribution in [1.29, 1.82) is 0 Å². The first-order valence-electron chi connectivity index (χ1n) is 12.6. The third-order valence-corrected chi connectivity index (χ3v) is 7.29. The Morgan fingerprint density at radius 1 is 0.854 bits per heavy atom. The largest absolute Gasteiger partial charge is 0.497 e. The van der Waals surface area contributed by atoms with Crippen molar-refractivity contribution in [2.75, 3.05) is 23.5 Å². The van der Waals surface area contributed by atoms with E-state index in [1.165, 1.54) is 11.8 Å². The van der Waals surface area contributed by atoms with E-state index < -0.39 is 11.8 Å². The van der Waals surface area contributed by atoms with E-state index in [0.29, 0.717) is 33.3 Å². The summed E-state index contributed by atoms with van der Waals surface area (Å²) in [5, 5.41) is 8.98. The molecule has 0 aromatic heterocycles. The van der Waals surface area contributed by atoms with Crippen molar-refractivity contribution in [2.24, 2.45) is 0 Å². The summed E-state index contributed by atoms with van der Waals surface area (Å²) in [5.74, 6) is -0.233. The molecular formula is C32H28ClN3O4S. The van der Waals surface area contributed by atoms with Gasteiger partial charge in [0.2, 0.25) is 5.91 Å². The van der Waals surface area contributed by atoms with Crippen LogP contribution in [0, 0.1) is 6.92 Å². The van der Waals surface area contributed by atoms with E-state index in [1.807, 2.05) is 31.2 Å². The van der Waals surface area contributed by atoms with Crippen LogP contribution >= 0.6 is 23.4 Å². The number of halogens is 1. The van der Waals surface area contributed by atoms with Gasteiger partial charge in [-0.25, -0.2) is 0 Å². The van der Waals surface area contributed by atoms with Gasteiger partial charge in [0.15, 0.2) is 0 Å². The zero-order chi connectivity index (χ0) is 29.2. The van der Waals surface area contributed by atoms with Crippen LogP contribution in [0.3, 0.4) is 0 Å². The number of hydrogen-bond donors (Lipinski definition) is 3. The van der Waals surface area contributed by atoms with E-state index in [4.69, 9.17) is 16.3 Å². The molecule has 0 unspecified atom stereocenters. The summed E-state index contributed by atoms with van der Waals surface area (Å²) in [6.45, 7) is 1.90. The predicted octanol–water partition coefficient (Wildman–Crippen LogP) is 6.80. The Balaban J connectivity index is 1.41. The van der Waals surface area contributed by atoms with E-state index in [-0.39, 0.29) is 17.4 Å². The standard InChI is InChI=1S/C32H28ClN3O4S/c1-21-11-12-25(19-28(21)33)34-30(37)20-41-27-15-13-24(14-16-27)35-32(39)29(18-22-7-6-10-26(17-22)40-2)36-31(38)23-8-4-3-5-9-23/h3-19H,20H2,1-2H3,(H,34,37)(H,35,39)(H,36,38)/b29-18-. The average Bonchev–Trinajstić information content (AvgIpc) is 2.99. The lowest BCUT2D eigenvalue weighted by Gasteiger charge is -2.12. The van der Waals surface area contributed by atoms with Crippen LogP contribution in [-0.4, -0.2) is 30.6 Å². The molecule has 4 rings (SSSR count). The number of ether oxygens (including phenoxy) is 1. The van der Waals surface area contributed by atoms with Crippen LogP contribution in [0.2, 0.25) is 5.02 Å². The number of rotatable bonds is 10. The summed E-state index contributed by atoms with van der Waals surface area (Å²) < 4.78 is 5.28. The van der Waals surface area contributed by atoms with Crippen molar-refractivity contribution in [2.45, 2.75) is 11.8 Å². The van der Waals surface area contributed by atoms with Gasteiger partial charge in [0.05, 0.1) is 12.9 Å². The van der Waals surface area contributed by atoms with Gasteiger partial charge in [0.1, 0.15) is 11.4 Å². The third kappa shape index (κ3) is 8.73. The second kappa shape index (κ2) is 14.2. The summed E-state index contributed by atoms with van der Waals surface area (Å²) in [4.78, 5) is 39.3. The maximum absolute atomic E-state index is 13.3. The third-order valence-electron chi connectivity index (χ3n) is 5.87. The highest BCUT2D eigenvalue weighted by molar-refractivity contribution is 8.00. The number of amides is 3. The molecule has 0 aliphatic heterocycles. The summed E-state index contributed by atoms with van der Waals surface area (Å²) in [6, 6.07) is 28.3. The van der Waals surface area contributed by atoms with E-state index >= 15 is 0 Å². The molecule has 3 N–H and O–H groups in total. The highest BCUT2D eigenvalue weighted by Crippen LogP contribution is 2.23. The Bertz CT molecular complexity index is 1570. The van der Waals surface area contributed by atoms with Crippen molar-refractivity contribution in [3.05, 3.63) is 124 Å². The van der Waals surface area contributed by atoms with Gasteiger partial charge in [0, 0.05) is 26.9 Å². The zero-order valence-electron chi connectivity index (χ0n) is 22.4. The number of benzene rings is 4. The molecule has 4 aromatic rings. The summed E-state index contributed by atoms with van der Waals surface area (Å²) in [6.07, 6.45) is 1.59. The molecule has 0 radical (unpaired) electrons. The molecule has 208 valence electrons. The number of thioether (sulfide) groups is 1. The van der Waals surface area contributed by atoms with Crippen LogP contribution in [0.15, 0.2) is 108 Å². The topological polar surface area (TPSA) is 96.5 Å². The fourth-order valence-electron chi connectivity index (χ4n) is 3.69. The molecular weight excluding hydrogens is 558 g/mol. The highest BCUT2D eigenvalue weighted by Gasteiger charge is 2.15. The SMILES string of the molecule is COc1cccc(/C=C(\NC(=O)c2ccccc2)C(=O)Nc2ccc(SCC(=O)Nc3ccc(C)c(Cl)c3)cc2)c1. The average molecular weight is 586 g/mol. The van der Waals surface area contributed by atoms with Gasteiger partial charge in [-0.1, -0.05) is 48.0 Å². The Labute approximate surface area is 248 Å². The first-order valence-corrected chi connectivity index (χ1v) is 14.0. The van der Waals surface area contributed by atoms with E-state index in [0.717, 1.165) is 10.5 Å². The van der Waals surface area contributed by atoms with Crippen molar-refractivity contribution in [3.8, 4) is 5.75 Å². The lowest BCUT2D eigenvalue weighted by Crippen LogP contribution is -2.30. The van der Waals surface area contributed by atoms with Crippen LogP contribution < -0.4 is 20.7 Å². The van der Waals surface area contributed by atoms with Gasteiger partial charge in [-0.2, -0.15) is 0 Å². The number of carbonyl (C=O) groups excluding carboxylic acids is 3. The fraction of sp³-hybridized carbons (Fsp3) is 0.0938. The predicted molar refractivity (Wildman–Crippen MR) is 165 cm³/mol. The lowest BCUT2D eigenvalue weighted by atomic mass is 10.1. The molecule has 0 aliphatic carbocycles. The van der Waals surface area contributed by atoms with Gasteiger partial charge in [-0.3, -0.25) is 14.4 Å². The quantitative estimate of drug-likeness (QED) is 0.140. The highest BCUT2D eigenvalue weighted by atomic mass is 35.5. The van der Waals surface area contributed by atoms with Crippen molar-refractivity contribution in [3.63, 3.8) is 0 Å². The molecule has 7 nitrogen and oxygen atoms in total. The van der Waals surface area contributed by atoms with Gasteiger partial charge < -0.3 is 20.7 Å². The molecule has 0 fully saturated rings. The molecule has 3 amide bonds. The first kappa shape index (κ1) is 29.5. The zero-order valence-corrected chi connectivity index (χ0v) is 24.0. The second-order valence-electron chi connectivity index (χ2n) is 8.93. The minimum absolute atomic E-state index is 0.0680. The molecule has 9 heteroatoms. The van der Waals surface area contributed by atoms with Gasteiger partial charge in [-0.15, -0.1) is 11.8 Å². The molecule has 0 atom stereocenters. The van der Waals surface area contributed by atoms with Gasteiger partial charge in [-0.05, 0) is 84.8 Å². The van der Waals surface area contributed by atoms with Crippen molar-refractivity contribution in [1.82, 2.24) is 5.32 Å². The van der Waals surface area contributed by atoms with Crippen LogP contribution in [-0.2, 0) is 9.59 Å². The van der Waals surface area contributed by atoms with Crippen molar-refractivity contribution < 1.29 is 19.1 Å². The number of methoxy groups -OCH3 is 1. The molecule has 0 bridgehead atoms. The molecule has 0 aliphatic rings. The fourth-order valence-corrected chi connectivity index (χ4v) is 4.57. The molecule has 0 saturated carbocycles. The monoisotopic (exact) mass is 585 g/mol. The smallest absolute Gasteiger partial charge is 0.272 e. The number of carbonyl (C=O) groups is 3. The van der Waals surface area contributed by atoms with Crippen LogP contribution in [0.5, 0.6) is 5.75 Å². The van der Waals surface area contributed by atoms with E-state index in [2.05, 4.69) is 16.0 Å². The molecule has 0 spiro atoms. The Hall–Kier alpha value is -4.53. The molecule has 41 heavy (non-hydrogen) atoms. The van der Waals surface area contributed by atoms with Crippen LogP contribution in [0.25, 0.3) is 6.08 Å². The first-order chi connectivity index (χ1) is 19.8. The van der Waals surface area contributed by atoms with E-state index in [9.17, 15) is 14.4 Å². The molecule has 0 heterocycles. The summed E-state index contributed by atoms with van der Waals surface area (Å²) in [5.41, 5.74) is 3.28. The Morgan fingerprint density at radius 3 is 2.29 bits per heavy atom. The Morgan fingerprint density at radius 2 is 1.59 bits per heavy atom. The van der Waals surface area contributed by atoms with Crippen molar-refractivity contribution >= 4 is 58.5 Å². The van der Waals surface area contributed by atoms with Gasteiger partial charge >= 0.3 is 0 Å². The minimum Gasteiger partial charge on any atom is -0.497 e. The Kier molecular flexibility index (Phi) is 10.2. The second-order valence-corrected chi connectivity index (χ2v) is 10.4. The molecule has 0 saturated heterocycles. The summed E-state index contributed by atoms with van der Waals surface area (Å²) >= 11 is 7.49. The van der Waals surface area contributed by atoms with E-state index in [1.54, 1.807) is 86.0 Å². The normalized spacial score (nSPS) is 11.0. The minimum atomic E-state index is -0.492. The van der Waals surface area contributed by atoms with Crippen LogP contribution in [0.4, 0.5) is 11.4 Å². The maximum atomic E-state index is 13.3. The van der Waals surface area contributed by atoms with Gasteiger partial charge in [0.25, 0.3) is 11.8 Å². The lowest BCUT2D eigenvalue weighted by molar-refractivity contribution is -0.114. The number of nitrogens with one attached hydrogen (secondary N) is 3. The molecule has 4 aromatic carbocycles.